The molecule has 0 radical (unpaired) electrons. The summed E-state index contributed by atoms with van der Waals surface area (Å²) in [7, 11) is 0. The number of halogens is 1. The van der Waals surface area contributed by atoms with E-state index in [0.29, 0.717) is 18.1 Å². The van der Waals surface area contributed by atoms with E-state index in [2.05, 4.69) is 26.7 Å². The lowest BCUT2D eigenvalue weighted by atomic mass is 10.2. The Labute approximate surface area is 120 Å². The van der Waals surface area contributed by atoms with E-state index in [9.17, 15) is 9.59 Å². The smallest absolute Gasteiger partial charge is 0.262 e. The van der Waals surface area contributed by atoms with Gasteiger partial charge in [-0.15, -0.1) is 0 Å². The van der Waals surface area contributed by atoms with Crippen molar-refractivity contribution in [3.8, 4) is 0 Å². The van der Waals surface area contributed by atoms with Crippen LogP contribution in [0.15, 0.2) is 28.7 Å². The number of hydroxylamine groups is 1. The van der Waals surface area contributed by atoms with Crippen molar-refractivity contribution in [3.05, 3.63) is 34.3 Å². The van der Waals surface area contributed by atoms with Crippen molar-refractivity contribution in [2.75, 3.05) is 13.2 Å². The lowest BCUT2D eigenvalue weighted by Gasteiger charge is -2.08. The lowest BCUT2D eigenvalue weighted by molar-refractivity contribution is -0.133. The molecule has 0 aliphatic carbocycles. The molecule has 0 aliphatic rings. The van der Waals surface area contributed by atoms with Gasteiger partial charge in [0.05, 0.1) is 13.2 Å². The maximum Gasteiger partial charge on any atom is 0.262 e. The van der Waals surface area contributed by atoms with Gasteiger partial charge in [0.15, 0.2) is 0 Å². The van der Waals surface area contributed by atoms with Crippen LogP contribution in [0, 0.1) is 5.92 Å². The Kier molecular flexibility index (Phi) is 6.52. The van der Waals surface area contributed by atoms with Gasteiger partial charge < -0.3 is 5.32 Å². The molecule has 6 heteroatoms. The van der Waals surface area contributed by atoms with Crippen LogP contribution in [0.4, 0.5) is 0 Å². The van der Waals surface area contributed by atoms with Crippen molar-refractivity contribution < 1.29 is 14.4 Å². The first-order chi connectivity index (χ1) is 8.99. The van der Waals surface area contributed by atoms with Crippen LogP contribution in [-0.2, 0) is 9.63 Å². The van der Waals surface area contributed by atoms with Gasteiger partial charge in [0.25, 0.3) is 11.8 Å². The number of hydrogen-bond donors (Lipinski definition) is 2. The highest BCUT2D eigenvalue weighted by Gasteiger charge is 2.08. The van der Waals surface area contributed by atoms with Crippen molar-refractivity contribution in [1.29, 1.82) is 0 Å². The zero-order valence-corrected chi connectivity index (χ0v) is 12.5. The molecule has 5 nitrogen and oxygen atoms in total. The van der Waals surface area contributed by atoms with E-state index < -0.39 is 0 Å². The number of nitrogens with one attached hydrogen (secondary N) is 2. The molecule has 19 heavy (non-hydrogen) atoms. The van der Waals surface area contributed by atoms with Gasteiger partial charge in [0, 0.05) is 10.0 Å². The van der Waals surface area contributed by atoms with Gasteiger partial charge >= 0.3 is 0 Å². The molecule has 0 aliphatic heterocycles. The maximum atomic E-state index is 11.7. The normalized spacial score (nSPS) is 10.3. The third-order valence-electron chi connectivity index (χ3n) is 2.10. The van der Waals surface area contributed by atoms with Crippen LogP contribution in [0.5, 0.6) is 0 Å². The Hall–Kier alpha value is -1.40. The molecule has 1 rings (SSSR count). The van der Waals surface area contributed by atoms with Gasteiger partial charge in [-0.25, -0.2) is 5.48 Å². The molecule has 0 saturated carbocycles. The Morgan fingerprint density at radius 2 is 2.11 bits per heavy atom. The molecule has 2 amide bonds. The minimum Gasteiger partial charge on any atom is -0.343 e. The van der Waals surface area contributed by atoms with E-state index in [1.165, 1.54) is 0 Å². The molecule has 0 saturated heterocycles. The summed E-state index contributed by atoms with van der Waals surface area (Å²) in [5, 5.41) is 2.51. The van der Waals surface area contributed by atoms with Gasteiger partial charge in [0.1, 0.15) is 0 Å². The fourth-order valence-corrected chi connectivity index (χ4v) is 1.62. The molecular weight excluding hydrogens is 312 g/mol. The second kappa shape index (κ2) is 7.91. The van der Waals surface area contributed by atoms with Crippen molar-refractivity contribution in [1.82, 2.24) is 10.8 Å². The maximum absolute atomic E-state index is 11.7. The Bertz CT molecular complexity index is 449. The zero-order valence-electron chi connectivity index (χ0n) is 10.9. The first-order valence-corrected chi connectivity index (χ1v) is 6.72. The van der Waals surface area contributed by atoms with Crippen LogP contribution >= 0.6 is 15.9 Å². The van der Waals surface area contributed by atoms with Crippen LogP contribution < -0.4 is 10.8 Å². The minimum absolute atomic E-state index is 0.122. The first-order valence-electron chi connectivity index (χ1n) is 5.93. The summed E-state index contributed by atoms with van der Waals surface area (Å²) in [5.74, 6) is -0.360. The summed E-state index contributed by atoms with van der Waals surface area (Å²) in [6.07, 6.45) is 0. The molecule has 104 valence electrons. The number of hydrogen-bond acceptors (Lipinski definition) is 3. The zero-order chi connectivity index (χ0) is 14.3. The molecule has 0 heterocycles. The van der Waals surface area contributed by atoms with Crippen molar-refractivity contribution in [3.63, 3.8) is 0 Å². The number of benzene rings is 1. The lowest BCUT2D eigenvalue weighted by Crippen LogP contribution is -2.37. The molecule has 1 aromatic rings. The van der Waals surface area contributed by atoms with Gasteiger partial charge in [-0.05, 0) is 24.1 Å². The van der Waals surface area contributed by atoms with Gasteiger partial charge in [-0.1, -0.05) is 35.8 Å². The number of amides is 2. The van der Waals surface area contributed by atoms with E-state index >= 15 is 0 Å². The Balaban J connectivity index is 2.32. The largest absolute Gasteiger partial charge is 0.343 e. The third kappa shape index (κ3) is 6.35. The van der Waals surface area contributed by atoms with E-state index in [4.69, 9.17) is 4.84 Å². The molecule has 2 N–H and O–H groups in total. The number of carbonyl (C=O) groups is 2. The summed E-state index contributed by atoms with van der Waals surface area (Å²) >= 11 is 3.28. The summed E-state index contributed by atoms with van der Waals surface area (Å²) in [6, 6.07) is 6.93. The van der Waals surface area contributed by atoms with Gasteiger partial charge in [-0.2, -0.15) is 0 Å². The van der Waals surface area contributed by atoms with Crippen LogP contribution in [0.2, 0.25) is 0 Å². The van der Waals surface area contributed by atoms with E-state index in [0.717, 1.165) is 4.47 Å². The standard InChI is InChI=1S/C13H17BrN2O3/c1-9(2)8-19-16-12(17)7-15-13(18)10-4-3-5-11(14)6-10/h3-6,9H,7-8H2,1-2H3,(H,15,18)(H,16,17). The van der Waals surface area contributed by atoms with Gasteiger partial charge in [-0.3, -0.25) is 14.4 Å². The van der Waals surface area contributed by atoms with Crippen molar-refractivity contribution in [2.45, 2.75) is 13.8 Å². The summed E-state index contributed by atoms with van der Waals surface area (Å²) in [5.41, 5.74) is 2.76. The molecule has 1 aromatic carbocycles. The second-order valence-corrected chi connectivity index (χ2v) is 5.34. The van der Waals surface area contributed by atoms with E-state index in [1.807, 2.05) is 19.9 Å². The monoisotopic (exact) mass is 328 g/mol. The molecular formula is C13H17BrN2O3. The topological polar surface area (TPSA) is 67.4 Å². The molecule has 0 spiro atoms. The van der Waals surface area contributed by atoms with Crippen LogP contribution in [0.25, 0.3) is 0 Å². The Morgan fingerprint density at radius 1 is 1.37 bits per heavy atom. The summed E-state index contributed by atoms with van der Waals surface area (Å²) in [6.45, 7) is 4.26. The Morgan fingerprint density at radius 3 is 2.74 bits per heavy atom. The fraction of sp³-hybridized carbons (Fsp3) is 0.385. The minimum atomic E-state index is -0.385. The summed E-state index contributed by atoms with van der Waals surface area (Å²) < 4.78 is 0.810. The van der Waals surface area contributed by atoms with E-state index in [1.54, 1.807) is 18.2 Å². The second-order valence-electron chi connectivity index (χ2n) is 4.42. The first kappa shape index (κ1) is 15.7. The molecule has 0 atom stereocenters. The molecule has 0 unspecified atom stereocenters. The molecule has 0 aromatic heterocycles. The highest BCUT2D eigenvalue weighted by Crippen LogP contribution is 2.11. The van der Waals surface area contributed by atoms with Gasteiger partial charge in [0.2, 0.25) is 0 Å². The van der Waals surface area contributed by atoms with Crippen molar-refractivity contribution in [2.24, 2.45) is 5.92 Å². The SMILES string of the molecule is CC(C)CONC(=O)CNC(=O)c1cccc(Br)c1. The highest BCUT2D eigenvalue weighted by molar-refractivity contribution is 9.10. The van der Waals surface area contributed by atoms with Crippen LogP contribution in [-0.4, -0.2) is 25.0 Å². The van der Waals surface area contributed by atoms with Crippen molar-refractivity contribution >= 4 is 27.7 Å². The average molecular weight is 329 g/mol. The number of carbonyl (C=O) groups excluding carboxylic acids is 2. The van der Waals surface area contributed by atoms with Crippen LogP contribution in [0.1, 0.15) is 24.2 Å². The quantitative estimate of drug-likeness (QED) is 0.783. The van der Waals surface area contributed by atoms with Crippen LogP contribution in [0.3, 0.4) is 0 Å². The molecule has 0 fully saturated rings. The average Bonchev–Trinajstić information content (AvgIpc) is 2.35. The third-order valence-corrected chi connectivity index (χ3v) is 2.59. The van der Waals surface area contributed by atoms with E-state index in [-0.39, 0.29) is 18.4 Å². The summed E-state index contributed by atoms with van der Waals surface area (Å²) in [4.78, 5) is 28.1. The highest BCUT2D eigenvalue weighted by atomic mass is 79.9. The molecule has 0 bridgehead atoms. The number of rotatable bonds is 6. The fourth-order valence-electron chi connectivity index (χ4n) is 1.22. The predicted molar refractivity (Wildman–Crippen MR) is 75.4 cm³/mol. The predicted octanol–water partition coefficient (Wildman–Crippen LogP) is 1.88.